The zero-order valence-corrected chi connectivity index (χ0v) is 13.5. The number of rotatable bonds is 5. The maximum atomic E-state index is 12.0. The first-order valence-corrected chi connectivity index (χ1v) is 7.29. The molecule has 1 aliphatic rings. The zero-order valence-electron chi connectivity index (χ0n) is 12.0. The Kier molecular flexibility index (Phi) is 7.78. The first-order chi connectivity index (χ1) is 9.66. The minimum absolute atomic E-state index is 0. The number of halogens is 2. The van der Waals surface area contributed by atoms with E-state index in [2.05, 4.69) is 22.5 Å². The van der Waals surface area contributed by atoms with Crippen LogP contribution in [0.3, 0.4) is 0 Å². The average molecular weight is 334 g/mol. The molecule has 0 aromatic carbocycles. The van der Waals surface area contributed by atoms with Crippen molar-refractivity contribution in [3.8, 4) is 5.88 Å². The Morgan fingerprint density at radius 2 is 2.43 bits per heavy atom. The lowest BCUT2D eigenvalue weighted by Gasteiger charge is -2.27. The highest BCUT2D eigenvalue weighted by atomic mass is 35.5. The SMILES string of the molecule is C[C@H]1C[C@@H](C(=O)NCCOc2ncccc2Cl)CCN1.Cl. The summed E-state index contributed by atoms with van der Waals surface area (Å²) in [5.74, 6) is 0.609. The number of nitrogens with zero attached hydrogens (tertiary/aromatic N) is 1. The fraction of sp³-hybridized carbons (Fsp3) is 0.571. The maximum absolute atomic E-state index is 12.0. The number of ether oxygens (including phenoxy) is 1. The Morgan fingerprint density at radius 3 is 3.14 bits per heavy atom. The predicted octanol–water partition coefficient (Wildman–Crippen LogP) is 2.04. The van der Waals surface area contributed by atoms with Crippen LogP contribution >= 0.6 is 24.0 Å². The van der Waals surface area contributed by atoms with Crippen molar-refractivity contribution < 1.29 is 9.53 Å². The predicted molar refractivity (Wildman–Crippen MR) is 85.2 cm³/mol. The molecule has 2 N–H and O–H groups in total. The van der Waals surface area contributed by atoms with Crippen molar-refractivity contribution in [3.63, 3.8) is 0 Å². The molecule has 1 aromatic heterocycles. The van der Waals surface area contributed by atoms with Gasteiger partial charge in [-0.2, -0.15) is 0 Å². The second-order valence-electron chi connectivity index (χ2n) is 5.01. The molecule has 2 atom stereocenters. The normalized spacial score (nSPS) is 21.2. The number of hydrogen-bond acceptors (Lipinski definition) is 4. The van der Waals surface area contributed by atoms with Crippen molar-refractivity contribution in [2.45, 2.75) is 25.8 Å². The van der Waals surface area contributed by atoms with E-state index in [1.807, 2.05) is 0 Å². The topological polar surface area (TPSA) is 63.2 Å². The number of carbonyl (C=O) groups is 1. The molecule has 1 amide bonds. The molecule has 0 saturated carbocycles. The van der Waals surface area contributed by atoms with E-state index in [4.69, 9.17) is 16.3 Å². The largest absolute Gasteiger partial charge is 0.475 e. The zero-order chi connectivity index (χ0) is 14.4. The van der Waals surface area contributed by atoms with Gasteiger partial charge >= 0.3 is 0 Å². The van der Waals surface area contributed by atoms with Gasteiger partial charge in [-0.15, -0.1) is 12.4 Å². The Bertz CT molecular complexity index is 460. The van der Waals surface area contributed by atoms with Crippen LogP contribution in [0.5, 0.6) is 5.88 Å². The van der Waals surface area contributed by atoms with E-state index in [9.17, 15) is 4.79 Å². The number of aromatic nitrogens is 1. The van der Waals surface area contributed by atoms with Gasteiger partial charge in [0.25, 0.3) is 0 Å². The van der Waals surface area contributed by atoms with Crippen molar-refractivity contribution in [1.29, 1.82) is 0 Å². The highest BCUT2D eigenvalue weighted by Gasteiger charge is 2.24. The van der Waals surface area contributed by atoms with Crippen molar-refractivity contribution in [2.75, 3.05) is 19.7 Å². The molecule has 118 valence electrons. The van der Waals surface area contributed by atoms with E-state index in [0.29, 0.717) is 30.1 Å². The summed E-state index contributed by atoms with van der Waals surface area (Å²) in [4.78, 5) is 16.0. The Balaban J connectivity index is 0.00000220. The van der Waals surface area contributed by atoms with E-state index < -0.39 is 0 Å². The molecule has 0 radical (unpaired) electrons. The van der Waals surface area contributed by atoms with Crippen molar-refractivity contribution >= 4 is 29.9 Å². The van der Waals surface area contributed by atoms with E-state index >= 15 is 0 Å². The maximum Gasteiger partial charge on any atom is 0.232 e. The third-order valence-corrected chi connectivity index (χ3v) is 3.65. The smallest absolute Gasteiger partial charge is 0.232 e. The van der Waals surface area contributed by atoms with Gasteiger partial charge in [0.05, 0.1) is 6.54 Å². The summed E-state index contributed by atoms with van der Waals surface area (Å²) in [5.41, 5.74) is 0. The van der Waals surface area contributed by atoms with Crippen molar-refractivity contribution in [2.24, 2.45) is 5.92 Å². The van der Waals surface area contributed by atoms with Crippen LogP contribution in [0.2, 0.25) is 5.02 Å². The number of piperidine rings is 1. The summed E-state index contributed by atoms with van der Waals surface area (Å²) in [5, 5.41) is 6.71. The van der Waals surface area contributed by atoms with Crippen molar-refractivity contribution in [3.05, 3.63) is 23.4 Å². The Labute approximate surface area is 136 Å². The molecule has 0 spiro atoms. The van der Waals surface area contributed by atoms with Crippen LogP contribution in [0.25, 0.3) is 0 Å². The summed E-state index contributed by atoms with van der Waals surface area (Å²) in [6.45, 7) is 3.83. The molecule has 0 bridgehead atoms. The van der Waals surface area contributed by atoms with Gasteiger partial charge in [0.1, 0.15) is 11.6 Å². The summed E-state index contributed by atoms with van der Waals surface area (Å²) < 4.78 is 5.43. The molecule has 2 rings (SSSR count). The number of pyridine rings is 1. The monoisotopic (exact) mass is 333 g/mol. The molecule has 5 nitrogen and oxygen atoms in total. The molecule has 0 aliphatic carbocycles. The first kappa shape index (κ1) is 18.0. The van der Waals surface area contributed by atoms with Gasteiger partial charge in [-0.05, 0) is 38.4 Å². The fourth-order valence-electron chi connectivity index (χ4n) is 2.31. The highest BCUT2D eigenvalue weighted by molar-refractivity contribution is 6.31. The minimum atomic E-state index is 0. The van der Waals surface area contributed by atoms with E-state index in [1.165, 1.54) is 0 Å². The lowest BCUT2D eigenvalue weighted by molar-refractivity contribution is -0.126. The average Bonchev–Trinajstić information content (AvgIpc) is 2.45. The van der Waals surface area contributed by atoms with Gasteiger partial charge < -0.3 is 15.4 Å². The summed E-state index contributed by atoms with van der Waals surface area (Å²) >= 11 is 5.92. The molecule has 1 aliphatic heterocycles. The number of hydrogen-bond donors (Lipinski definition) is 2. The molecule has 1 saturated heterocycles. The van der Waals surface area contributed by atoms with Crippen LogP contribution in [0.4, 0.5) is 0 Å². The van der Waals surface area contributed by atoms with Crippen LogP contribution in [-0.2, 0) is 4.79 Å². The van der Waals surface area contributed by atoms with Gasteiger partial charge in [0.2, 0.25) is 11.8 Å². The third-order valence-electron chi connectivity index (χ3n) is 3.36. The second-order valence-corrected chi connectivity index (χ2v) is 5.41. The number of amides is 1. The van der Waals surface area contributed by atoms with Gasteiger partial charge in [-0.1, -0.05) is 11.6 Å². The first-order valence-electron chi connectivity index (χ1n) is 6.91. The molecular weight excluding hydrogens is 313 g/mol. The molecule has 0 unspecified atom stereocenters. The second kappa shape index (κ2) is 9.07. The van der Waals surface area contributed by atoms with E-state index in [-0.39, 0.29) is 24.2 Å². The van der Waals surface area contributed by atoms with Crippen LogP contribution < -0.4 is 15.4 Å². The summed E-state index contributed by atoms with van der Waals surface area (Å²) in [7, 11) is 0. The number of nitrogens with one attached hydrogen (secondary N) is 2. The highest BCUT2D eigenvalue weighted by Crippen LogP contribution is 2.19. The lowest BCUT2D eigenvalue weighted by Crippen LogP contribution is -2.43. The lowest BCUT2D eigenvalue weighted by atomic mass is 9.92. The van der Waals surface area contributed by atoms with Gasteiger partial charge in [-0.25, -0.2) is 4.98 Å². The Hall–Kier alpha value is -1.04. The van der Waals surface area contributed by atoms with Crippen molar-refractivity contribution in [1.82, 2.24) is 15.6 Å². The fourth-order valence-corrected chi connectivity index (χ4v) is 2.49. The summed E-state index contributed by atoms with van der Waals surface area (Å²) in [6.07, 6.45) is 3.40. The van der Waals surface area contributed by atoms with Crippen LogP contribution in [0.1, 0.15) is 19.8 Å². The molecule has 2 heterocycles. The minimum Gasteiger partial charge on any atom is -0.475 e. The van der Waals surface area contributed by atoms with Crippen LogP contribution in [0, 0.1) is 5.92 Å². The molecular formula is C14H21Cl2N3O2. The van der Waals surface area contributed by atoms with E-state index in [0.717, 1.165) is 19.4 Å². The van der Waals surface area contributed by atoms with E-state index in [1.54, 1.807) is 18.3 Å². The van der Waals surface area contributed by atoms with Gasteiger partial charge in [0, 0.05) is 18.2 Å². The van der Waals surface area contributed by atoms with Crippen LogP contribution in [0.15, 0.2) is 18.3 Å². The molecule has 7 heteroatoms. The molecule has 1 fully saturated rings. The molecule has 1 aromatic rings. The number of carbonyl (C=O) groups excluding carboxylic acids is 1. The van der Waals surface area contributed by atoms with Gasteiger partial charge in [-0.3, -0.25) is 4.79 Å². The quantitative estimate of drug-likeness (QED) is 0.809. The third kappa shape index (κ3) is 5.69. The molecule has 21 heavy (non-hydrogen) atoms. The van der Waals surface area contributed by atoms with Gasteiger partial charge in [0.15, 0.2) is 0 Å². The standard InChI is InChI=1S/C14H20ClN3O2.ClH/c1-10-9-11(4-6-16-10)13(19)17-7-8-20-14-12(15)3-2-5-18-14;/h2-3,5,10-11,16H,4,6-9H2,1H3,(H,17,19);1H/t10-,11-;/m0./s1. The Morgan fingerprint density at radius 1 is 1.62 bits per heavy atom. The summed E-state index contributed by atoms with van der Waals surface area (Å²) in [6, 6.07) is 3.87. The van der Waals surface area contributed by atoms with Crippen LogP contribution in [-0.4, -0.2) is 36.6 Å².